The highest BCUT2D eigenvalue weighted by Crippen LogP contribution is 2.30. The van der Waals surface area contributed by atoms with Crippen molar-refractivity contribution in [3.8, 4) is 5.75 Å². The molecule has 0 aromatic carbocycles. The van der Waals surface area contributed by atoms with Crippen LogP contribution in [-0.2, 0) is 16.5 Å². The van der Waals surface area contributed by atoms with E-state index < -0.39 is 21.4 Å². The van der Waals surface area contributed by atoms with E-state index in [-0.39, 0.29) is 17.3 Å². The normalized spacial score (nSPS) is 12.6. The molecule has 10 heteroatoms. The molecule has 0 aliphatic carbocycles. The number of aryl methyl sites for hydroxylation is 1. The summed E-state index contributed by atoms with van der Waals surface area (Å²) in [6.45, 7) is 1.60. The quantitative estimate of drug-likeness (QED) is 0.488. The topological polar surface area (TPSA) is 69.2 Å². The molecule has 2 aromatic rings. The Morgan fingerprint density at radius 2 is 2.00 bits per heavy atom. The summed E-state index contributed by atoms with van der Waals surface area (Å²) >= 11 is 5.69. The van der Waals surface area contributed by atoms with Gasteiger partial charge in [-0.3, -0.25) is 0 Å². The Morgan fingerprint density at radius 3 is 2.57 bits per heavy atom. The van der Waals surface area contributed by atoms with E-state index in [1.807, 2.05) is 0 Å². The zero-order chi connectivity index (χ0) is 15.8. The van der Waals surface area contributed by atoms with Gasteiger partial charge in [0.05, 0.1) is 11.2 Å². The Kier molecular flexibility index (Phi) is 3.98. The first-order valence-corrected chi connectivity index (χ1v) is 7.38. The number of hydrogen-bond acceptors (Lipinski definition) is 5. The minimum Gasteiger partial charge on any atom is -0.374 e. The second kappa shape index (κ2) is 5.30. The standard InChI is InChI=1S/C11H8ClF3N2O3S/c1-2-7-9(20-21(18,19)11(13,14)15)3-6-5-16-10(12)4-8(6)17-7/h3-5H,2H2,1H3. The van der Waals surface area contributed by atoms with Gasteiger partial charge in [-0.2, -0.15) is 21.6 Å². The highest BCUT2D eigenvalue weighted by Gasteiger charge is 2.48. The van der Waals surface area contributed by atoms with Crippen LogP contribution in [0.5, 0.6) is 5.75 Å². The molecule has 2 rings (SSSR count). The van der Waals surface area contributed by atoms with Gasteiger partial charge in [0, 0.05) is 17.6 Å². The molecule has 2 aromatic heterocycles. The van der Waals surface area contributed by atoms with E-state index in [0.29, 0.717) is 10.9 Å². The predicted molar refractivity (Wildman–Crippen MR) is 69.5 cm³/mol. The maximum Gasteiger partial charge on any atom is 0.534 e. The van der Waals surface area contributed by atoms with Crippen molar-refractivity contribution in [1.82, 2.24) is 9.97 Å². The van der Waals surface area contributed by atoms with Crippen molar-refractivity contribution in [2.24, 2.45) is 0 Å². The van der Waals surface area contributed by atoms with Crippen LogP contribution in [0.25, 0.3) is 10.9 Å². The maximum absolute atomic E-state index is 12.4. The number of pyridine rings is 2. The Labute approximate surface area is 122 Å². The molecule has 0 aliphatic heterocycles. The summed E-state index contributed by atoms with van der Waals surface area (Å²) in [5, 5.41) is 0.470. The van der Waals surface area contributed by atoms with Crippen molar-refractivity contribution in [2.75, 3.05) is 0 Å². The van der Waals surface area contributed by atoms with E-state index in [9.17, 15) is 21.6 Å². The summed E-state index contributed by atoms with van der Waals surface area (Å²) in [7, 11) is -5.75. The SMILES string of the molecule is CCc1nc2cc(Cl)ncc2cc1OS(=O)(=O)C(F)(F)F. The molecule has 0 spiro atoms. The largest absolute Gasteiger partial charge is 0.534 e. The average molecular weight is 341 g/mol. The molecule has 0 unspecified atom stereocenters. The lowest BCUT2D eigenvalue weighted by molar-refractivity contribution is -0.0500. The van der Waals surface area contributed by atoms with Gasteiger partial charge in [-0.25, -0.2) is 9.97 Å². The average Bonchev–Trinajstić information content (AvgIpc) is 2.36. The highest BCUT2D eigenvalue weighted by molar-refractivity contribution is 7.88. The number of alkyl halides is 3. The first-order valence-electron chi connectivity index (χ1n) is 5.60. The van der Waals surface area contributed by atoms with Gasteiger partial charge in [0.15, 0.2) is 5.75 Å². The lowest BCUT2D eigenvalue weighted by Gasteiger charge is -2.12. The second-order valence-corrected chi connectivity index (χ2v) is 5.89. The zero-order valence-electron chi connectivity index (χ0n) is 10.5. The number of hydrogen-bond donors (Lipinski definition) is 0. The van der Waals surface area contributed by atoms with Gasteiger partial charge in [0.1, 0.15) is 5.15 Å². The zero-order valence-corrected chi connectivity index (χ0v) is 12.1. The van der Waals surface area contributed by atoms with E-state index in [2.05, 4.69) is 14.2 Å². The van der Waals surface area contributed by atoms with Crippen LogP contribution >= 0.6 is 11.6 Å². The minimum atomic E-state index is -5.75. The molecule has 0 radical (unpaired) electrons. The molecule has 21 heavy (non-hydrogen) atoms. The van der Waals surface area contributed by atoms with Crippen molar-refractivity contribution in [3.05, 3.63) is 29.2 Å². The molecule has 0 amide bonds. The third kappa shape index (κ3) is 3.18. The molecule has 0 saturated carbocycles. The van der Waals surface area contributed by atoms with Crippen LogP contribution in [-0.4, -0.2) is 23.9 Å². The Morgan fingerprint density at radius 1 is 1.33 bits per heavy atom. The Bertz CT molecular complexity index is 793. The maximum atomic E-state index is 12.4. The van der Waals surface area contributed by atoms with E-state index in [1.54, 1.807) is 6.92 Å². The minimum absolute atomic E-state index is 0.0672. The Hall–Kier alpha value is -1.61. The second-order valence-electron chi connectivity index (χ2n) is 3.97. The molecule has 0 N–H and O–H groups in total. The third-order valence-corrected chi connectivity index (χ3v) is 3.70. The van der Waals surface area contributed by atoms with Crippen LogP contribution in [0.2, 0.25) is 5.15 Å². The number of nitrogens with zero attached hydrogens (tertiary/aromatic N) is 2. The van der Waals surface area contributed by atoms with Crippen LogP contribution in [0.3, 0.4) is 0 Å². The fourth-order valence-corrected chi connectivity index (χ4v) is 2.18. The molecule has 0 aliphatic rings. The summed E-state index contributed by atoms with van der Waals surface area (Å²) in [6.07, 6.45) is 1.44. The molecule has 0 fully saturated rings. The summed E-state index contributed by atoms with van der Waals surface area (Å²) in [4.78, 5) is 7.79. The predicted octanol–water partition coefficient (Wildman–Crippen LogP) is 3.07. The van der Waals surface area contributed by atoms with Crippen molar-refractivity contribution in [1.29, 1.82) is 0 Å². The van der Waals surface area contributed by atoms with Gasteiger partial charge in [-0.05, 0) is 12.5 Å². The number of aromatic nitrogens is 2. The summed E-state index contributed by atoms with van der Waals surface area (Å²) < 4.78 is 63.4. The van der Waals surface area contributed by atoms with Gasteiger partial charge >= 0.3 is 15.6 Å². The first-order chi connectivity index (χ1) is 9.64. The molecule has 5 nitrogen and oxygen atoms in total. The van der Waals surface area contributed by atoms with Crippen LogP contribution in [0, 0.1) is 0 Å². The van der Waals surface area contributed by atoms with Crippen molar-refractivity contribution < 1.29 is 25.8 Å². The summed E-state index contributed by atoms with van der Waals surface area (Å²) in [5.74, 6) is -0.480. The van der Waals surface area contributed by atoms with Crippen LogP contribution < -0.4 is 4.18 Å². The van der Waals surface area contributed by atoms with Gasteiger partial charge in [-0.15, -0.1) is 0 Å². The Balaban J connectivity index is 2.56. The lowest BCUT2D eigenvalue weighted by atomic mass is 10.2. The molecule has 0 atom stereocenters. The number of rotatable bonds is 3. The fraction of sp³-hybridized carbons (Fsp3) is 0.273. The van der Waals surface area contributed by atoms with Gasteiger partial charge < -0.3 is 4.18 Å². The van der Waals surface area contributed by atoms with Crippen molar-refractivity contribution in [3.63, 3.8) is 0 Å². The van der Waals surface area contributed by atoms with E-state index in [1.165, 1.54) is 12.3 Å². The molecule has 114 valence electrons. The van der Waals surface area contributed by atoms with Gasteiger partial charge in [0.25, 0.3) is 0 Å². The molecule has 0 saturated heterocycles. The number of halogens is 4. The van der Waals surface area contributed by atoms with Gasteiger partial charge in [-0.1, -0.05) is 18.5 Å². The highest BCUT2D eigenvalue weighted by atomic mass is 35.5. The number of fused-ring (bicyclic) bond motifs is 1. The van der Waals surface area contributed by atoms with Crippen molar-refractivity contribution >= 4 is 32.6 Å². The smallest absolute Gasteiger partial charge is 0.374 e. The van der Waals surface area contributed by atoms with Gasteiger partial charge in [0.2, 0.25) is 0 Å². The lowest BCUT2D eigenvalue weighted by Crippen LogP contribution is -2.28. The molecule has 2 heterocycles. The third-order valence-electron chi connectivity index (χ3n) is 2.52. The van der Waals surface area contributed by atoms with Crippen molar-refractivity contribution in [2.45, 2.75) is 18.9 Å². The van der Waals surface area contributed by atoms with E-state index >= 15 is 0 Å². The van der Waals surface area contributed by atoms with Crippen LogP contribution in [0.4, 0.5) is 13.2 Å². The first kappa shape index (κ1) is 15.8. The molecule has 0 bridgehead atoms. The van der Waals surface area contributed by atoms with Crippen LogP contribution in [0.15, 0.2) is 18.3 Å². The monoisotopic (exact) mass is 340 g/mol. The fourth-order valence-electron chi connectivity index (χ4n) is 1.55. The van der Waals surface area contributed by atoms with E-state index in [0.717, 1.165) is 6.07 Å². The summed E-state index contributed by atoms with van der Waals surface area (Å²) in [5.41, 5.74) is -5.06. The molecular weight excluding hydrogens is 333 g/mol. The molecular formula is C11H8ClF3N2O3S. The van der Waals surface area contributed by atoms with Crippen LogP contribution in [0.1, 0.15) is 12.6 Å². The summed E-state index contributed by atoms with van der Waals surface area (Å²) in [6, 6.07) is 2.55. The van der Waals surface area contributed by atoms with E-state index in [4.69, 9.17) is 11.6 Å².